The minimum atomic E-state index is -2.55. The molecule has 1 saturated carbocycles. The second-order valence-electron chi connectivity index (χ2n) is 8.09. The van der Waals surface area contributed by atoms with Gasteiger partial charge < -0.3 is 16.0 Å². The van der Waals surface area contributed by atoms with Gasteiger partial charge in [-0.3, -0.25) is 24.0 Å². The number of benzene rings is 1. The molecule has 1 aliphatic heterocycles. The summed E-state index contributed by atoms with van der Waals surface area (Å²) < 4.78 is 32.1. The molecule has 0 radical (unpaired) electrons. The van der Waals surface area contributed by atoms with Crippen LogP contribution in [0, 0.1) is 11.7 Å². The molecule has 11 heteroatoms. The van der Waals surface area contributed by atoms with Crippen LogP contribution in [0.5, 0.6) is 0 Å². The molecule has 5 rings (SSSR count). The Morgan fingerprint density at radius 3 is 2.91 bits per heavy atom. The van der Waals surface area contributed by atoms with E-state index in [0.717, 1.165) is 6.42 Å². The molecular weight excluding hydrogens is 451 g/mol. The van der Waals surface area contributed by atoms with Gasteiger partial charge in [0.1, 0.15) is 18.4 Å². The van der Waals surface area contributed by atoms with E-state index in [2.05, 4.69) is 15.4 Å². The minimum Gasteiger partial charge on any atom is -0.364 e. The van der Waals surface area contributed by atoms with E-state index in [-0.39, 0.29) is 29.2 Å². The predicted molar refractivity (Wildman–Crippen MR) is 116 cm³/mol. The van der Waals surface area contributed by atoms with Gasteiger partial charge in [0.15, 0.2) is 5.69 Å². The second-order valence-corrected chi connectivity index (χ2v) is 8.50. The number of rotatable bonds is 6. The molecule has 3 amide bonds. The molecule has 33 heavy (non-hydrogen) atoms. The van der Waals surface area contributed by atoms with Crippen LogP contribution < -0.4 is 11.1 Å². The average Bonchev–Trinajstić information content (AvgIpc) is 3.30. The Bertz CT molecular complexity index is 1380. The van der Waals surface area contributed by atoms with Crippen molar-refractivity contribution in [3.05, 3.63) is 58.8 Å². The molecule has 2 aromatic heterocycles. The van der Waals surface area contributed by atoms with E-state index in [1.54, 1.807) is 6.07 Å². The van der Waals surface area contributed by atoms with E-state index in [1.165, 1.54) is 40.2 Å². The number of fused-ring (bicyclic) bond motifs is 2. The van der Waals surface area contributed by atoms with Gasteiger partial charge in [-0.25, -0.2) is 4.39 Å². The fraction of sp³-hybridized carbons (Fsp3) is 0.318. The van der Waals surface area contributed by atoms with Crippen LogP contribution >= 0.6 is 11.6 Å². The SMILES string of the molecule is [2H]C([2H])(NC(=O)[C@@H]1C[C@H]2C[C@H]2N1C(=O)Cn1nc(C(N)=O)c2ccncc21)c1cccc(Cl)c1F. The zero-order valence-electron chi connectivity index (χ0n) is 19.2. The summed E-state index contributed by atoms with van der Waals surface area (Å²) in [5.41, 5.74) is 5.45. The van der Waals surface area contributed by atoms with Gasteiger partial charge in [0.25, 0.3) is 5.91 Å². The lowest BCUT2D eigenvalue weighted by atomic mass is 10.1. The van der Waals surface area contributed by atoms with Crippen molar-refractivity contribution < 1.29 is 21.5 Å². The molecule has 2 fully saturated rings. The van der Waals surface area contributed by atoms with Gasteiger partial charge in [0.05, 0.1) is 19.5 Å². The lowest BCUT2D eigenvalue weighted by Crippen LogP contribution is -2.48. The smallest absolute Gasteiger partial charge is 0.269 e. The van der Waals surface area contributed by atoms with E-state index >= 15 is 0 Å². The third-order valence-electron chi connectivity index (χ3n) is 6.04. The number of nitrogens with one attached hydrogen (secondary N) is 1. The van der Waals surface area contributed by atoms with E-state index in [9.17, 15) is 18.8 Å². The zero-order valence-corrected chi connectivity index (χ0v) is 17.9. The van der Waals surface area contributed by atoms with Crippen molar-refractivity contribution in [2.24, 2.45) is 11.7 Å². The predicted octanol–water partition coefficient (Wildman–Crippen LogP) is 1.63. The van der Waals surface area contributed by atoms with Crippen LogP contribution in [0.2, 0.25) is 5.02 Å². The van der Waals surface area contributed by atoms with E-state index in [0.29, 0.717) is 17.3 Å². The number of likely N-dealkylation sites (tertiary alicyclic amines) is 1. The highest BCUT2D eigenvalue weighted by molar-refractivity contribution is 6.30. The first kappa shape index (κ1) is 19.0. The quantitative estimate of drug-likeness (QED) is 0.564. The Balaban J connectivity index is 1.37. The van der Waals surface area contributed by atoms with E-state index in [4.69, 9.17) is 20.1 Å². The maximum Gasteiger partial charge on any atom is 0.269 e. The fourth-order valence-corrected chi connectivity index (χ4v) is 4.57. The van der Waals surface area contributed by atoms with Crippen molar-refractivity contribution in [2.75, 3.05) is 0 Å². The van der Waals surface area contributed by atoms with Crippen LogP contribution in [-0.4, -0.2) is 49.5 Å². The summed E-state index contributed by atoms with van der Waals surface area (Å²) in [6.07, 6.45) is 4.04. The standard InChI is InChI=1S/C22H20ClFN6O3/c23-14-3-1-2-11(19(14)24)8-27-22(33)16-7-12-6-15(12)30(16)18(31)10-29-17-9-26-5-4-13(17)20(28-29)21(25)32/h1-5,9,12,15-16H,6-8,10H2,(H2,25,32)(H,27,33)/t12-,15-,16+/m1/s1/i8D2. The number of piperidine rings is 1. The molecule has 3 N–H and O–H groups in total. The van der Waals surface area contributed by atoms with E-state index < -0.39 is 41.6 Å². The van der Waals surface area contributed by atoms with Crippen molar-refractivity contribution in [3.63, 3.8) is 0 Å². The van der Waals surface area contributed by atoms with Crippen LogP contribution in [0.3, 0.4) is 0 Å². The van der Waals surface area contributed by atoms with Crippen LogP contribution in [0.1, 0.15) is 31.6 Å². The van der Waals surface area contributed by atoms with Gasteiger partial charge in [0, 0.05) is 29.7 Å². The number of carbonyl (C=O) groups excluding carboxylic acids is 3. The molecule has 0 bridgehead atoms. The topological polar surface area (TPSA) is 123 Å². The summed E-state index contributed by atoms with van der Waals surface area (Å²) >= 11 is 5.76. The molecule has 0 unspecified atom stereocenters. The van der Waals surface area contributed by atoms with Crippen LogP contribution in [0.4, 0.5) is 4.39 Å². The maximum absolute atomic E-state index is 14.4. The van der Waals surface area contributed by atoms with Gasteiger partial charge in [-0.05, 0) is 30.9 Å². The van der Waals surface area contributed by atoms with Crippen molar-refractivity contribution in [1.82, 2.24) is 25.0 Å². The average molecular weight is 473 g/mol. The number of hydrogen-bond donors (Lipinski definition) is 2. The van der Waals surface area contributed by atoms with Gasteiger partial charge in [0.2, 0.25) is 11.8 Å². The fourth-order valence-electron chi connectivity index (χ4n) is 4.39. The number of hydrogen-bond acceptors (Lipinski definition) is 5. The summed E-state index contributed by atoms with van der Waals surface area (Å²) in [6.45, 7) is -2.81. The summed E-state index contributed by atoms with van der Waals surface area (Å²) in [7, 11) is 0. The molecule has 1 aromatic carbocycles. The number of carbonyl (C=O) groups is 3. The Morgan fingerprint density at radius 1 is 1.30 bits per heavy atom. The first-order valence-electron chi connectivity index (χ1n) is 11.3. The number of halogens is 2. The molecule has 170 valence electrons. The third kappa shape index (κ3) is 3.80. The molecule has 3 atom stereocenters. The molecule has 9 nitrogen and oxygen atoms in total. The summed E-state index contributed by atoms with van der Waals surface area (Å²) in [5, 5.41) is 6.58. The number of nitrogens with zero attached hydrogens (tertiary/aromatic N) is 4. The summed E-state index contributed by atoms with van der Waals surface area (Å²) in [6, 6.07) is 4.35. The van der Waals surface area contributed by atoms with Gasteiger partial charge in [-0.2, -0.15) is 5.10 Å². The van der Waals surface area contributed by atoms with Gasteiger partial charge in [-0.15, -0.1) is 0 Å². The monoisotopic (exact) mass is 472 g/mol. The van der Waals surface area contributed by atoms with E-state index in [1.807, 2.05) is 0 Å². The molecule has 1 saturated heterocycles. The highest BCUT2D eigenvalue weighted by Gasteiger charge is 2.55. The van der Waals surface area contributed by atoms with Crippen LogP contribution in [0.25, 0.3) is 10.9 Å². The van der Waals surface area contributed by atoms with Gasteiger partial charge >= 0.3 is 0 Å². The number of amides is 3. The molecule has 3 heterocycles. The maximum atomic E-state index is 14.4. The Morgan fingerprint density at radius 2 is 2.12 bits per heavy atom. The molecule has 0 spiro atoms. The molecule has 2 aliphatic rings. The van der Waals surface area contributed by atoms with Crippen molar-refractivity contribution in [3.8, 4) is 0 Å². The van der Waals surface area contributed by atoms with Crippen LogP contribution in [-0.2, 0) is 22.6 Å². The van der Waals surface area contributed by atoms with Crippen molar-refractivity contribution in [2.45, 2.75) is 38.0 Å². The Hall–Kier alpha value is -3.53. The summed E-state index contributed by atoms with van der Waals surface area (Å²) in [4.78, 5) is 43.6. The van der Waals surface area contributed by atoms with Crippen molar-refractivity contribution in [1.29, 1.82) is 0 Å². The normalized spacial score (nSPS) is 22.5. The Kier molecular flexibility index (Phi) is 4.67. The molecular formula is C22H20ClFN6O3. The molecule has 3 aromatic rings. The second kappa shape index (κ2) is 8.11. The van der Waals surface area contributed by atoms with Crippen LogP contribution in [0.15, 0.2) is 36.7 Å². The summed E-state index contributed by atoms with van der Waals surface area (Å²) in [5.74, 6) is -2.75. The number of aromatic nitrogens is 3. The lowest BCUT2D eigenvalue weighted by Gasteiger charge is -2.27. The minimum absolute atomic E-state index is 0.00644. The largest absolute Gasteiger partial charge is 0.364 e. The molecule has 1 aliphatic carbocycles. The highest BCUT2D eigenvalue weighted by Crippen LogP contribution is 2.48. The lowest BCUT2D eigenvalue weighted by molar-refractivity contribution is -0.140. The van der Waals surface area contributed by atoms with Crippen molar-refractivity contribution >= 4 is 40.2 Å². The Labute approximate surface area is 195 Å². The first-order chi connectivity index (χ1) is 16.6. The first-order valence-corrected chi connectivity index (χ1v) is 10.6. The third-order valence-corrected chi connectivity index (χ3v) is 6.33. The van der Waals surface area contributed by atoms with Gasteiger partial charge in [-0.1, -0.05) is 23.7 Å². The zero-order chi connectivity index (χ0) is 25.1. The number of nitrogens with two attached hydrogens (primary N) is 1. The highest BCUT2D eigenvalue weighted by atomic mass is 35.5. The number of primary amides is 1. The number of pyridine rings is 1.